The zero-order valence-corrected chi connectivity index (χ0v) is 11.4. The van der Waals surface area contributed by atoms with E-state index in [4.69, 9.17) is 14.2 Å². The van der Waals surface area contributed by atoms with Gasteiger partial charge in [0.05, 0.1) is 6.61 Å². The van der Waals surface area contributed by atoms with E-state index < -0.39 is 11.7 Å². The SMILES string of the molecule is CCOC(=O)C1OC12CC(C)(C)Oc1ccccc12. The van der Waals surface area contributed by atoms with E-state index in [1.165, 1.54) is 0 Å². The molecule has 0 N–H and O–H groups in total. The van der Waals surface area contributed by atoms with Crippen LogP contribution in [0, 0.1) is 0 Å². The van der Waals surface area contributed by atoms with E-state index in [0.29, 0.717) is 13.0 Å². The van der Waals surface area contributed by atoms with E-state index in [2.05, 4.69) is 0 Å². The Hall–Kier alpha value is -1.55. The standard InChI is InChI=1S/C15H18O4/c1-4-17-13(16)12-15(19-12)9-14(2,3)18-11-8-6-5-7-10(11)15/h5-8,12H,4,9H2,1-3H3. The van der Waals surface area contributed by atoms with Gasteiger partial charge in [0.25, 0.3) is 0 Å². The van der Waals surface area contributed by atoms with Crippen LogP contribution in [0.2, 0.25) is 0 Å². The maximum Gasteiger partial charge on any atom is 0.338 e. The molecule has 0 amide bonds. The van der Waals surface area contributed by atoms with Gasteiger partial charge >= 0.3 is 5.97 Å². The van der Waals surface area contributed by atoms with Crippen molar-refractivity contribution in [1.29, 1.82) is 0 Å². The molecule has 1 aromatic carbocycles. The minimum Gasteiger partial charge on any atom is -0.487 e. The summed E-state index contributed by atoms with van der Waals surface area (Å²) in [6, 6.07) is 7.74. The molecule has 3 rings (SSSR count). The summed E-state index contributed by atoms with van der Waals surface area (Å²) >= 11 is 0. The summed E-state index contributed by atoms with van der Waals surface area (Å²) in [5.41, 5.74) is 0.0348. The molecule has 0 aliphatic carbocycles. The van der Waals surface area contributed by atoms with Crippen molar-refractivity contribution >= 4 is 5.97 Å². The number of para-hydroxylation sites is 1. The van der Waals surface area contributed by atoms with Crippen LogP contribution >= 0.6 is 0 Å². The van der Waals surface area contributed by atoms with Crippen LogP contribution in [0.1, 0.15) is 32.8 Å². The van der Waals surface area contributed by atoms with Crippen molar-refractivity contribution in [3.8, 4) is 5.75 Å². The Morgan fingerprint density at radius 1 is 1.42 bits per heavy atom. The zero-order chi connectivity index (χ0) is 13.7. The van der Waals surface area contributed by atoms with E-state index in [1.807, 2.05) is 38.1 Å². The normalized spacial score (nSPS) is 30.4. The summed E-state index contributed by atoms with van der Waals surface area (Å²) in [5.74, 6) is 0.514. The molecule has 1 spiro atoms. The van der Waals surface area contributed by atoms with Crippen molar-refractivity contribution in [2.75, 3.05) is 6.61 Å². The maximum absolute atomic E-state index is 11.9. The monoisotopic (exact) mass is 262 g/mol. The van der Waals surface area contributed by atoms with E-state index in [0.717, 1.165) is 11.3 Å². The molecular weight excluding hydrogens is 244 g/mol. The van der Waals surface area contributed by atoms with Crippen LogP contribution in [0.5, 0.6) is 5.75 Å². The highest BCUT2D eigenvalue weighted by molar-refractivity contribution is 5.80. The van der Waals surface area contributed by atoms with Crippen molar-refractivity contribution in [1.82, 2.24) is 0 Å². The van der Waals surface area contributed by atoms with E-state index in [1.54, 1.807) is 6.92 Å². The summed E-state index contributed by atoms with van der Waals surface area (Å²) in [6.07, 6.45) is 0.150. The van der Waals surface area contributed by atoms with E-state index >= 15 is 0 Å². The van der Waals surface area contributed by atoms with Gasteiger partial charge < -0.3 is 14.2 Å². The highest BCUT2D eigenvalue weighted by Gasteiger charge is 2.67. The lowest BCUT2D eigenvalue weighted by Gasteiger charge is -2.36. The highest BCUT2D eigenvalue weighted by Crippen LogP contribution is 2.58. The zero-order valence-electron chi connectivity index (χ0n) is 11.4. The van der Waals surface area contributed by atoms with Crippen molar-refractivity contribution in [2.24, 2.45) is 0 Å². The first-order valence-electron chi connectivity index (χ1n) is 6.61. The highest BCUT2D eigenvalue weighted by atomic mass is 16.7. The van der Waals surface area contributed by atoms with Gasteiger partial charge in [-0.1, -0.05) is 18.2 Å². The number of carbonyl (C=O) groups excluding carboxylic acids is 1. The largest absolute Gasteiger partial charge is 0.487 e. The molecule has 0 aromatic heterocycles. The average molecular weight is 262 g/mol. The van der Waals surface area contributed by atoms with Gasteiger partial charge in [-0.3, -0.25) is 0 Å². The summed E-state index contributed by atoms with van der Waals surface area (Å²) in [4.78, 5) is 11.9. The molecule has 2 heterocycles. The van der Waals surface area contributed by atoms with Gasteiger partial charge in [-0.05, 0) is 26.8 Å². The molecule has 2 aliphatic rings. The summed E-state index contributed by atoms with van der Waals surface area (Å²) in [6.45, 7) is 6.19. The van der Waals surface area contributed by atoms with E-state index in [9.17, 15) is 4.79 Å². The first kappa shape index (κ1) is 12.5. The molecule has 4 nitrogen and oxygen atoms in total. The maximum atomic E-state index is 11.9. The molecule has 2 atom stereocenters. The molecule has 1 aromatic rings. The fourth-order valence-electron chi connectivity index (χ4n) is 2.94. The quantitative estimate of drug-likeness (QED) is 0.606. The van der Waals surface area contributed by atoms with Gasteiger partial charge in [0.15, 0.2) is 6.10 Å². The van der Waals surface area contributed by atoms with Crippen LogP contribution in [-0.2, 0) is 19.9 Å². The number of esters is 1. The number of rotatable bonds is 2. The second kappa shape index (κ2) is 3.97. The molecular formula is C15H18O4. The lowest BCUT2D eigenvalue weighted by molar-refractivity contribution is -0.144. The van der Waals surface area contributed by atoms with Crippen LogP contribution in [0.3, 0.4) is 0 Å². The Morgan fingerprint density at radius 2 is 2.16 bits per heavy atom. The molecule has 0 radical (unpaired) electrons. The van der Waals surface area contributed by atoms with Gasteiger partial charge in [-0.15, -0.1) is 0 Å². The third kappa shape index (κ3) is 1.91. The number of benzene rings is 1. The van der Waals surface area contributed by atoms with Gasteiger partial charge in [0.2, 0.25) is 0 Å². The van der Waals surface area contributed by atoms with Crippen molar-refractivity contribution in [3.63, 3.8) is 0 Å². The van der Waals surface area contributed by atoms with E-state index in [-0.39, 0.29) is 11.6 Å². The smallest absolute Gasteiger partial charge is 0.338 e. The van der Waals surface area contributed by atoms with Crippen molar-refractivity contribution in [3.05, 3.63) is 29.8 Å². The lowest BCUT2D eigenvalue weighted by atomic mass is 9.82. The topological polar surface area (TPSA) is 48.1 Å². The molecule has 19 heavy (non-hydrogen) atoms. The van der Waals surface area contributed by atoms with Crippen molar-refractivity contribution in [2.45, 2.75) is 44.5 Å². The molecule has 0 saturated carbocycles. The first-order valence-corrected chi connectivity index (χ1v) is 6.61. The Morgan fingerprint density at radius 3 is 2.89 bits per heavy atom. The molecule has 4 heteroatoms. The van der Waals surface area contributed by atoms with Gasteiger partial charge in [0, 0.05) is 12.0 Å². The number of fused-ring (bicyclic) bond motifs is 2. The Kier molecular flexibility index (Phi) is 2.61. The molecule has 102 valence electrons. The third-order valence-corrected chi connectivity index (χ3v) is 3.61. The van der Waals surface area contributed by atoms with Crippen LogP contribution in [-0.4, -0.2) is 24.3 Å². The lowest BCUT2D eigenvalue weighted by Crippen LogP contribution is -2.40. The second-order valence-electron chi connectivity index (χ2n) is 5.67. The molecule has 1 fully saturated rings. The van der Waals surface area contributed by atoms with Gasteiger partial charge in [-0.2, -0.15) is 0 Å². The summed E-state index contributed by atoms with van der Waals surface area (Å²) in [5, 5.41) is 0. The summed E-state index contributed by atoms with van der Waals surface area (Å²) in [7, 11) is 0. The number of hydrogen-bond donors (Lipinski definition) is 0. The third-order valence-electron chi connectivity index (χ3n) is 3.61. The fraction of sp³-hybridized carbons (Fsp3) is 0.533. The number of ether oxygens (including phenoxy) is 3. The minimum atomic E-state index is -0.565. The molecule has 2 aliphatic heterocycles. The van der Waals surface area contributed by atoms with Crippen LogP contribution in [0.25, 0.3) is 0 Å². The van der Waals surface area contributed by atoms with Crippen LogP contribution in [0.4, 0.5) is 0 Å². The van der Waals surface area contributed by atoms with Gasteiger partial charge in [-0.25, -0.2) is 4.79 Å². The van der Waals surface area contributed by atoms with Crippen LogP contribution < -0.4 is 4.74 Å². The van der Waals surface area contributed by atoms with Crippen LogP contribution in [0.15, 0.2) is 24.3 Å². The Labute approximate surface area is 112 Å². The molecule has 0 bridgehead atoms. The predicted octanol–water partition coefficient (Wildman–Crippen LogP) is 2.40. The van der Waals surface area contributed by atoms with Crippen molar-refractivity contribution < 1.29 is 19.0 Å². The fourth-order valence-corrected chi connectivity index (χ4v) is 2.94. The first-order chi connectivity index (χ1) is 8.98. The number of carbonyl (C=O) groups is 1. The summed E-state index contributed by atoms with van der Waals surface area (Å²) < 4.78 is 16.8. The minimum absolute atomic E-state index is 0.282. The average Bonchev–Trinajstić information content (AvgIpc) is 3.03. The predicted molar refractivity (Wildman–Crippen MR) is 69.0 cm³/mol. The molecule has 2 unspecified atom stereocenters. The Balaban J connectivity index is 1.97. The molecule has 1 saturated heterocycles. The number of epoxide rings is 1. The Bertz CT molecular complexity index is 523. The van der Waals surface area contributed by atoms with Gasteiger partial charge in [0.1, 0.15) is 17.0 Å². The second-order valence-corrected chi connectivity index (χ2v) is 5.67. The number of hydrogen-bond acceptors (Lipinski definition) is 4.